The van der Waals surface area contributed by atoms with Crippen molar-refractivity contribution < 1.29 is 17.5 Å². The molecule has 3 aromatic rings. The van der Waals surface area contributed by atoms with E-state index in [4.69, 9.17) is 9.84 Å². The zero-order valence-electron chi connectivity index (χ0n) is 23.6. The van der Waals surface area contributed by atoms with Crippen LogP contribution in [-0.2, 0) is 26.6 Å². The first-order valence-electron chi connectivity index (χ1n) is 14.3. The summed E-state index contributed by atoms with van der Waals surface area (Å²) in [4.78, 5) is 2.80. The summed E-state index contributed by atoms with van der Waals surface area (Å²) in [6.45, 7) is 11.4. The first-order valence-corrected chi connectivity index (χ1v) is 15.8. The predicted molar refractivity (Wildman–Crippen MR) is 153 cm³/mol. The van der Waals surface area contributed by atoms with Crippen molar-refractivity contribution in [2.45, 2.75) is 49.8 Å². The van der Waals surface area contributed by atoms with Crippen molar-refractivity contribution in [3.05, 3.63) is 77.4 Å². The molecule has 3 aliphatic rings. The zero-order chi connectivity index (χ0) is 28.1. The van der Waals surface area contributed by atoms with Gasteiger partial charge in [0.1, 0.15) is 5.82 Å². The van der Waals surface area contributed by atoms with Gasteiger partial charge in [-0.1, -0.05) is 32.9 Å². The van der Waals surface area contributed by atoms with Crippen LogP contribution < -0.4 is 0 Å². The number of fused-ring (bicyclic) bond motifs is 2. The molecular formula is C31H39FN4O3S. The number of morpholine rings is 1. The smallest absolute Gasteiger partial charge is 0.243 e. The molecule has 3 heterocycles. The van der Waals surface area contributed by atoms with Crippen molar-refractivity contribution in [3.8, 4) is 5.69 Å². The van der Waals surface area contributed by atoms with Gasteiger partial charge in [0.15, 0.2) is 0 Å². The van der Waals surface area contributed by atoms with E-state index >= 15 is 0 Å². The summed E-state index contributed by atoms with van der Waals surface area (Å²) >= 11 is 0. The summed E-state index contributed by atoms with van der Waals surface area (Å²) in [5, 5.41) is 4.76. The predicted octanol–water partition coefficient (Wildman–Crippen LogP) is 4.61. The Morgan fingerprint density at radius 3 is 2.38 bits per heavy atom. The van der Waals surface area contributed by atoms with Crippen molar-refractivity contribution in [3.63, 3.8) is 0 Å². The second-order valence-electron chi connectivity index (χ2n) is 12.5. The van der Waals surface area contributed by atoms with Crippen LogP contribution in [0.1, 0.15) is 49.9 Å². The first kappa shape index (κ1) is 27.6. The summed E-state index contributed by atoms with van der Waals surface area (Å²) in [7, 11) is -3.61. The molecule has 0 radical (unpaired) electrons. The van der Waals surface area contributed by atoms with Crippen LogP contribution in [0.15, 0.2) is 59.6 Å². The summed E-state index contributed by atoms with van der Waals surface area (Å²) in [6.07, 6.45) is 3.60. The minimum absolute atomic E-state index is 0.0362. The molecule has 2 aliphatic heterocycles. The molecule has 1 aromatic heterocycles. The maximum Gasteiger partial charge on any atom is 0.243 e. The van der Waals surface area contributed by atoms with E-state index < -0.39 is 10.0 Å². The number of halogens is 1. The fourth-order valence-corrected chi connectivity index (χ4v) is 8.18. The van der Waals surface area contributed by atoms with Crippen molar-refractivity contribution >= 4 is 10.0 Å². The zero-order valence-corrected chi connectivity index (χ0v) is 24.4. The van der Waals surface area contributed by atoms with Crippen LogP contribution in [0.4, 0.5) is 4.39 Å². The highest BCUT2D eigenvalue weighted by atomic mass is 32.2. The molecule has 214 valence electrons. The van der Waals surface area contributed by atoms with Gasteiger partial charge in [0.2, 0.25) is 10.0 Å². The van der Waals surface area contributed by atoms with Gasteiger partial charge in [0.25, 0.3) is 0 Å². The van der Waals surface area contributed by atoms with Gasteiger partial charge in [-0.05, 0) is 77.6 Å². The second kappa shape index (κ2) is 10.7. The lowest BCUT2D eigenvalue weighted by Crippen LogP contribution is -2.50. The number of rotatable bonds is 5. The van der Waals surface area contributed by atoms with Crippen LogP contribution in [-0.4, -0.2) is 73.3 Å². The summed E-state index contributed by atoms with van der Waals surface area (Å²) in [5.74, 6) is 0.432. The van der Waals surface area contributed by atoms with Crippen LogP contribution in [0.5, 0.6) is 0 Å². The van der Waals surface area contributed by atoms with Crippen LogP contribution in [0.25, 0.3) is 5.69 Å². The van der Waals surface area contributed by atoms with Gasteiger partial charge < -0.3 is 4.74 Å². The molecule has 0 unspecified atom stereocenters. The van der Waals surface area contributed by atoms with Crippen LogP contribution in [0.2, 0.25) is 0 Å². The Labute approximate surface area is 237 Å². The maximum atomic E-state index is 13.8. The van der Waals surface area contributed by atoms with E-state index in [1.807, 2.05) is 23.0 Å². The number of sulfonamides is 1. The molecule has 1 aliphatic carbocycles. The first-order chi connectivity index (χ1) is 19.1. The van der Waals surface area contributed by atoms with Gasteiger partial charge in [0.05, 0.1) is 30.0 Å². The Hall–Kier alpha value is -2.59. The highest BCUT2D eigenvalue weighted by Crippen LogP contribution is 2.45. The molecule has 0 bridgehead atoms. The van der Waals surface area contributed by atoms with Gasteiger partial charge >= 0.3 is 0 Å². The van der Waals surface area contributed by atoms with Gasteiger partial charge in [0, 0.05) is 44.3 Å². The molecule has 2 saturated heterocycles. The van der Waals surface area contributed by atoms with Crippen LogP contribution in [0.3, 0.4) is 0 Å². The lowest BCUT2D eigenvalue weighted by atomic mass is 9.68. The fourth-order valence-electron chi connectivity index (χ4n) is 6.68. The number of nitrogens with zero attached hydrogens (tertiary/aromatic N) is 4. The minimum atomic E-state index is -3.61. The standard InChI is InChI=1S/C31H39FN4O3S/c1-31(2,3)23-4-10-26(11-5-23)40(37,38)35-13-12-22-18-30-27(19-33-36(30)25-8-6-24(32)7-9-25)29(28(22)21-35)20-34-14-16-39-17-15-34/h4-11,19,22,28-29H,12-18,20-21H2,1-3H3/t22-,28-,29-/m0/s1. The Bertz CT molecular complexity index is 1440. The SMILES string of the molecule is CC(C)(C)c1ccc(S(=O)(=O)N2CC[C@H]3Cc4c(cnn4-c4ccc(F)cc4)[C@H](CN4CCOCC4)[C@H]3C2)cc1. The van der Waals surface area contributed by atoms with E-state index in [0.29, 0.717) is 37.1 Å². The lowest BCUT2D eigenvalue weighted by molar-refractivity contribution is 0.0250. The molecular weight excluding hydrogens is 527 g/mol. The topological polar surface area (TPSA) is 67.7 Å². The molecule has 0 N–H and O–H groups in total. The number of hydrogen-bond acceptors (Lipinski definition) is 5. The number of benzene rings is 2. The summed E-state index contributed by atoms with van der Waals surface area (Å²) in [6, 6.07) is 13.9. The van der Waals surface area contributed by atoms with Crippen molar-refractivity contribution in [2.75, 3.05) is 45.9 Å². The molecule has 3 atom stereocenters. The molecule has 2 fully saturated rings. The van der Waals surface area contributed by atoms with E-state index in [9.17, 15) is 12.8 Å². The largest absolute Gasteiger partial charge is 0.379 e. The number of hydrogen-bond donors (Lipinski definition) is 0. The summed E-state index contributed by atoms with van der Waals surface area (Å²) < 4.78 is 50.6. The molecule has 0 spiro atoms. The van der Waals surface area contributed by atoms with Crippen molar-refractivity contribution in [1.82, 2.24) is 19.0 Å². The normalized spacial score (nSPS) is 24.4. The molecule has 2 aromatic carbocycles. The van der Waals surface area contributed by atoms with E-state index in [-0.39, 0.29) is 23.1 Å². The Balaban J connectivity index is 1.31. The third-order valence-corrected chi connectivity index (χ3v) is 10.9. The third-order valence-electron chi connectivity index (χ3n) is 9.03. The highest BCUT2D eigenvalue weighted by molar-refractivity contribution is 7.89. The Morgan fingerprint density at radius 1 is 1.00 bits per heavy atom. The third kappa shape index (κ3) is 5.24. The molecule has 40 heavy (non-hydrogen) atoms. The fraction of sp³-hybridized carbons (Fsp3) is 0.516. The monoisotopic (exact) mass is 566 g/mol. The van der Waals surface area contributed by atoms with Crippen LogP contribution >= 0.6 is 0 Å². The van der Waals surface area contributed by atoms with Crippen molar-refractivity contribution in [2.24, 2.45) is 11.8 Å². The minimum Gasteiger partial charge on any atom is -0.379 e. The molecule has 0 amide bonds. The average molecular weight is 567 g/mol. The molecule has 0 saturated carbocycles. The maximum absolute atomic E-state index is 13.8. The molecule has 6 rings (SSSR count). The van der Waals surface area contributed by atoms with Crippen molar-refractivity contribution in [1.29, 1.82) is 0 Å². The molecule has 9 heteroatoms. The number of aromatic nitrogens is 2. The van der Waals surface area contributed by atoms with Gasteiger partial charge in [-0.15, -0.1) is 0 Å². The average Bonchev–Trinajstić information content (AvgIpc) is 3.37. The van der Waals surface area contributed by atoms with Gasteiger partial charge in [-0.3, -0.25) is 4.90 Å². The van der Waals surface area contributed by atoms with E-state index in [1.165, 1.54) is 23.4 Å². The second-order valence-corrected chi connectivity index (χ2v) is 14.4. The Kier molecular flexibility index (Phi) is 7.36. The summed E-state index contributed by atoms with van der Waals surface area (Å²) in [5.41, 5.74) is 4.29. The Morgan fingerprint density at radius 2 is 1.70 bits per heavy atom. The number of piperidine rings is 1. The quantitative estimate of drug-likeness (QED) is 0.451. The van der Waals surface area contributed by atoms with Gasteiger partial charge in [-0.2, -0.15) is 9.40 Å². The lowest BCUT2D eigenvalue weighted by Gasteiger charge is -2.46. The van der Waals surface area contributed by atoms with E-state index in [0.717, 1.165) is 43.7 Å². The van der Waals surface area contributed by atoms with Crippen LogP contribution in [0, 0.1) is 17.7 Å². The molecule has 7 nitrogen and oxygen atoms in total. The number of ether oxygens (including phenoxy) is 1. The van der Waals surface area contributed by atoms with Gasteiger partial charge in [-0.25, -0.2) is 17.5 Å². The van der Waals surface area contributed by atoms with E-state index in [1.54, 1.807) is 28.6 Å². The highest BCUT2D eigenvalue weighted by Gasteiger charge is 2.45. The van der Waals surface area contributed by atoms with E-state index in [2.05, 4.69) is 25.7 Å².